The number of urea groups is 1. The number of aliphatic hydroxyl groups is 1. The summed E-state index contributed by atoms with van der Waals surface area (Å²) in [6.45, 7) is 4.82. The maximum absolute atomic E-state index is 14.2. The summed E-state index contributed by atoms with van der Waals surface area (Å²) in [5, 5.41) is 12.3. The number of morpholine rings is 1. The molecule has 0 aromatic heterocycles. The van der Waals surface area contributed by atoms with E-state index in [9.17, 15) is 9.18 Å². The second-order valence-electron chi connectivity index (χ2n) is 5.96. The van der Waals surface area contributed by atoms with Crippen LogP contribution < -0.4 is 5.32 Å². The molecule has 23 heavy (non-hydrogen) atoms. The molecule has 1 aromatic carbocycles. The van der Waals surface area contributed by atoms with E-state index in [0.29, 0.717) is 30.3 Å². The number of benzene rings is 1. The van der Waals surface area contributed by atoms with Crippen molar-refractivity contribution < 1.29 is 19.0 Å². The van der Waals surface area contributed by atoms with E-state index in [0.717, 1.165) is 0 Å². The van der Waals surface area contributed by atoms with Crippen molar-refractivity contribution in [1.82, 2.24) is 10.2 Å². The Balaban J connectivity index is 2.11. The predicted molar refractivity (Wildman–Crippen MR) is 85.9 cm³/mol. The van der Waals surface area contributed by atoms with Gasteiger partial charge in [-0.1, -0.05) is 31.5 Å². The summed E-state index contributed by atoms with van der Waals surface area (Å²) >= 11 is 5.79. The van der Waals surface area contributed by atoms with Crippen LogP contribution in [0.2, 0.25) is 5.02 Å². The van der Waals surface area contributed by atoms with Gasteiger partial charge in [0.1, 0.15) is 5.82 Å². The Labute approximate surface area is 140 Å². The largest absolute Gasteiger partial charge is 0.394 e. The number of carbonyl (C=O) groups is 1. The number of halogens is 2. The molecule has 0 radical (unpaired) electrons. The summed E-state index contributed by atoms with van der Waals surface area (Å²) < 4.78 is 19.5. The van der Waals surface area contributed by atoms with Crippen LogP contribution in [0.1, 0.15) is 25.5 Å². The fraction of sp³-hybridized carbons (Fsp3) is 0.562. The SMILES string of the molecule is CC(C)[C@H](NC(=O)N1CCO[C@@H](CO)C1)c1ccc(Cl)cc1F. The quantitative estimate of drug-likeness (QED) is 0.882. The molecule has 7 heteroatoms. The lowest BCUT2D eigenvalue weighted by atomic mass is 9.95. The lowest BCUT2D eigenvalue weighted by Crippen LogP contribution is -2.51. The molecule has 0 saturated carbocycles. The Kier molecular flexibility index (Phi) is 6.21. The number of amides is 2. The first-order chi connectivity index (χ1) is 10.9. The van der Waals surface area contributed by atoms with Crippen molar-refractivity contribution in [3.8, 4) is 0 Å². The van der Waals surface area contributed by atoms with Crippen LogP contribution in [0, 0.1) is 11.7 Å². The van der Waals surface area contributed by atoms with Gasteiger partial charge in [0.05, 0.1) is 31.9 Å². The summed E-state index contributed by atoms with van der Waals surface area (Å²) in [5.41, 5.74) is 0.407. The number of nitrogens with zero attached hydrogens (tertiary/aromatic N) is 1. The maximum atomic E-state index is 14.2. The fourth-order valence-electron chi connectivity index (χ4n) is 2.60. The molecule has 2 rings (SSSR count). The number of hydrogen-bond acceptors (Lipinski definition) is 3. The molecule has 0 bridgehead atoms. The molecular formula is C16H22ClFN2O3. The van der Waals surface area contributed by atoms with E-state index >= 15 is 0 Å². The van der Waals surface area contributed by atoms with Gasteiger partial charge in [-0.2, -0.15) is 0 Å². The van der Waals surface area contributed by atoms with Crippen molar-refractivity contribution in [2.45, 2.75) is 26.0 Å². The third-order valence-electron chi connectivity index (χ3n) is 3.87. The molecule has 128 valence electrons. The van der Waals surface area contributed by atoms with Crippen molar-refractivity contribution in [1.29, 1.82) is 0 Å². The first-order valence-electron chi connectivity index (χ1n) is 7.65. The highest BCUT2D eigenvalue weighted by molar-refractivity contribution is 6.30. The fourth-order valence-corrected chi connectivity index (χ4v) is 2.75. The van der Waals surface area contributed by atoms with E-state index < -0.39 is 11.9 Å². The highest BCUT2D eigenvalue weighted by atomic mass is 35.5. The maximum Gasteiger partial charge on any atom is 0.318 e. The van der Waals surface area contributed by atoms with Crippen molar-refractivity contribution in [3.05, 3.63) is 34.6 Å². The van der Waals surface area contributed by atoms with Gasteiger partial charge >= 0.3 is 6.03 Å². The zero-order valence-electron chi connectivity index (χ0n) is 13.3. The number of aliphatic hydroxyl groups excluding tert-OH is 1. The summed E-state index contributed by atoms with van der Waals surface area (Å²) in [7, 11) is 0. The van der Waals surface area contributed by atoms with E-state index in [1.54, 1.807) is 17.0 Å². The van der Waals surface area contributed by atoms with Gasteiger partial charge in [0.2, 0.25) is 0 Å². The molecule has 1 heterocycles. The molecule has 0 spiro atoms. The summed E-state index contributed by atoms with van der Waals surface area (Å²) in [4.78, 5) is 14.0. The van der Waals surface area contributed by atoms with Crippen LogP contribution in [0.25, 0.3) is 0 Å². The molecule has 2 amide bonds. The van der Waals surface area contributed by atoms with Gasteiger partial charge in [-0.05, 0) is 18.1 Å². The van der Waals surface area contributed by atoms with Crippen LogP contribution >= 0.6 is 11.6 Å². The predicted octanol–water partition coefficient (Wildman–Crippen LogP) is 2.58. The van der Waals surface area contributed by atoms with E-state index in [4.69, 9.17) is 21.4 Å². The normalized spacial score (nSPS) is 19.7. The molecule has 0 unspecified atom stereocenters. The van der Waals surface area contributed by atoms with E-state index in [2.05, 4.69) is 5.32 Å². The Morgan fingerprint density at radius 1 is 1.57 bits per heavy atom. The Morgan fingerprint density at radius 2 is 2.30 bits per heavy atom. The van der Waals surface area contributed by atoms with Crippen LogP contribution in [-0.4, -0.2) is 48.4 Å². The van der Waals surface area contributed by atoms with Crippen molar-refractivity contribution in [3.63, 3.8) is 0 Å². The lowest BCUT2D eigenvalue weighted by Gasteiger charge is -2.34. The van der Waals surface area contributed by atoms with Crippen LogP contribution in [0.4, 0.5) is 9.18 Å². The molecule has 1 saturated heterocycles. The highest BCUT2D eigenvalue weighted by Gasteiger charge is 2.27. The van der Waals surface area contributed by atoms with Crippen molar-refractivity contribution >= 4 is 17.6 Å². The smallest absolute Gasteiger partial charge is 0.318 e. The first kappa shape index (κ1) is 18.0. The zero-order valence-corrected chi connectivity index (χ0v) is 14.0. The van der Waals surface area contributed by atoms with E-state index in [1.165, 1.54) is 6.07 Å². The number of rotatable bonds is 4. The second kappa shape index (κ2) is 7.95. The molecule has 5 nitrogen and oxygen atoms in total. The molecule has 0 aliphatic carbocycles. The molecule has 1 aliphatic rings. The molecule has 2 N–H and O–H groups in total. The highest BCUT2D eigenvalue weighted by Crippen LogP contribution is 2.26. The van der Waals surface area contributed by atoms with Crippen LogP contribution in [-0.2, 0) is 4.74 Å². The zero-order chi connectivity index (χ0) is 17.0. The Morgan fingerprint density at radius 3 is 2.91 bits per heavy atom. The van der Waals surface area contributed by atoms with Gasteiger partial charge in [-0.25, -0.2) is 9.18 Å². The lowest BCUT2D eigenvalue weighted by molar-refractivity contribution is -0.0406. The van der Waals surface area contributed by atoms with Crippen LogP contribution in [0.15, 0.2) is 18.2 Å². The third-order valence-corrected chi connectivity index (χ3v) is 4.11. The molecule has 2 atom stereocenters. The minimum absolute atomic E-state index is 0.00399. The minimum Gasteiger partial charge on any atom is -0.394 e. The summed E-state index contributed by atoms with van der Waals surface area (Å²) in [6, 6.07) is 3.70. The summed E-state index contributed by atoms with van der Waals surface area (Å²) in [6.07, 6.45) is -0.376. The van der Waals surface area contributed by atoms with Gasteiger partial charge in [-0.15, -0.1) is 0 Å². The van der Waals surface area contributed by atoms with Crippen molar-refractivity contribution in [2.75, 3.05) is 26.3 Å². The first-order valence-corrected chi connectivity index (χ1v) is 8.03. The van der Waals surface area contributed by atoms with Gasteiger partial charge < -0.3 is 20.1 Å². The van der Waals surface area contributed by atoms with Crippen molar-refractivity contribution in [2.24, 2.45) is 5.92 Å². The number of nitrogens with one attached hydrogen (secondary N) is 1. The Bertz CT molecular complexity index is 556. The topological polar surface area (TPSA) is 61.8 Å². The summed E-state index contributed by atoms with van der Waals surface area (Å²) in [5.74, 6) is -0.434. The Hall–Kier alpha value is -1.37. The van der Waals surface area contributed by atoms with E-state index in [1.807, 2.05) is 13.8 Å². The number of hydrogen-bond donors (Lipinski definition) is 2. The second-order valence-corrected chi connectivity index (χ2v) is 6.39. The molecule has 1 fully saturated rings. The molecule has 1 aliphatic heterocycles. The molecular weight excluding hydrogens is 323 g/mol. The van der Waals surface area contributed by atoms with Crippen LogP contribution in [0.3, 0.4) is 0 Å². The average molecular weight is 345 g/mol. The minimum atomic E-state index is -0.463. The average Bonchev–Trinajstić information content (AvgIpc) is 2.53. The van der Waals surface area contributed by atoms with Gasteiger partial charge in [0.25, 0.3) is 0 Å². The van der Waals surface area contributed by atoms with E-state index in [-0.39, 0.29) is 24.7 Å². The standard InChI is InChI=1S/C16H22ClFN2O3/c1-10(2)15(13-4-3-11(17)7-14(13)18)19-16(22)20-5-6-23-12(8-20)9-21/h3-4,7,10,12,15,21H,5-6,8-9H2,1-2H3,(H,19,22)/t12-,15+/m1/s1. The van der Waals surface area contributed by atoms with Gasteiger partial charge in [0.15, 0.2) is 0 Å². The molecule has 1 aromatic rings. The monoisotopic (exact) mass is 344 g/mol. The van der Waals surface area contributed by atoms with Gasteiger partial charge in [0, 0.05) is 17.1 Å². The number of ether oxygens (including phenoxy) is 1. The number of carbonyl (C=O) groups excluding carboxylic acids is 1. The van der Waals surface area contributed by atoms with Gasteiger partial charge in [-0.3, -0.25) is 0 Å². The third kappa shape index (κ3) is 4.56. The van der Waals surface area contributed by atoms with Crippen LogP contribution in [0.5, 0.6) is 0 Å².